The van der Waals surface area contributed by atoms with Gasteiger partial charge in [0, 0.05) is 12.5 Å². The number of hydrogen-bond acceptors (Lipinski definition) is 5. The van der Waals surface area contributed by atoms with Crippen LogP contribution in [-0.4, -0.2) is 30.2 Å². The molecule has 0 saturated carbocycles. The number of nitrogens with zero attached hydrogens (tertiary/aromatic N) is 1. The van der Waals surface area contributed by atoms with E-state index in [4.69, 9.17) is 5.11 Å². The van der Waals surface area contributed by atoms with Gasteiger partial charge < -0.3 is 5.11 Å². The van der Waals surface area contributed by atoms with Crippen molar-refractivity contribution in [2.75, 3.05) is 10.5 Å². The van der Waals surface area contributed by atoms with Gasteiger partial charge in [-0.05, 0) is 12.5 Å². The number of carboxylic acids is 1. The number of nitro groups is 1. The SMILES string of the molecule is O=C(O)CCCS(=O)(=O)Nc1c([N+](=O)[O-])ccc(F)c1F. The van der Waals surface area contributed by atoms with Gasteiger partial charge >= 0.3 is 5.97 Å². The molecular weight excluding hydrogens is 314 g/mol. The number of carboxylic acid groups (broad SMARTS) is 1. The summed E-state index contributed by atoms with van der Waals surface area (Å²) in [7, 11) is -4.25. The van der Waals surface area contributed by atoms with Crippen molar-refractivity contribution in [1.82, 2.24) is 0 Å². The van der Waals surface area contributed by atoms with Crippen LogP contribution in [-0.2, 0) is 14.8 Å². The van der Waals surface area contributed by atoms with Crippen LogP contribution in [0.4, 0.5) is 20.2 Å². The van der Waals surface area contributed by atoms with Crippen LogP contribution in [0, 0.1) is 21.7 Å². The van der Waals surface area contributed by atoms with Crippen molar-refractivity contribution in [2.24, 2.45) is 0 Å². The van der Waals surface area contributed by atoms with E-state index in [1.165, 1.54) is 0 Å². The predicted molar refractivity (Wildman–Crippen MR) is 67.3 cm³/mol. The maximum absolute atomic E-state index is 13.5. The molecule has 11 heteroatoms. The molecule has 0 bridgehead atoms. The van der Waals surface area contributed by atoms with Crippen LogP contribution < -0.4 is 4.72 Å². The molecule has 0 heterocycles. The summed E-state index contributed by atoms with van der Waals surface area (Å²) < 4.78 is 51.3. The molecule has 0 atom stereocenters. The van der Waals surface area contributed by atoms with Crippen molar-refractivity contribution in [1.29, 1.82) is 0 Å². The quantitative estimate of drug-likeness (QED) is 0.578. The lowest BCUT2D eigenvalue weighted by Crippen LogP contribution is -2.19. The predicted octanol–water partition coefficient (Wildman–Crippen LogP) is 1.48. The first kappa shape index (κ1) is 16.8. The highest BCUT2D eigenvalue weighted by Crippen LogP contribution is 2.30. The van der Waals surface area contributed by atoms with Crippen LogP contribution in [0.5, 0.6) is 0 Å². The van der Waals surface area contributed by atoms with E-state index in [1.807, 2.05) is 0 Å². The number of benzene rings is 1. The van der Waals surface area contributed by atoms with E-state index < -0.39 is 56.1 Å². The molecule has 0 amide bonds. The lowest BCUT2D eigenvalue weighted by atomic mass is 10.2. The topological polar surface area (TPSA) is 127 Å². The molecule has 0 aliphatic carbocycles. The zero-order valence-corrected chi connectivity index (χ0v) is 11.2. The molecular formula is C10H10F2N2O6S. The summed E-state index contributed by atoms with van der Waals surface area (Å²) in [6.45, 7) is 0. The Hall–Kier alpha value is -2.30. The van der Waals surface area contributed by atoms with Crippen LogP contribution in [0.3, 0.4) is 0 Å². The maximum atomic E-state index is 13.5. The Morgan fingerprint density at radius 1 is 1.38 bits per heavy atom. The van der Waals surface area contributed by atoms with Crippen LogP contribution >= 0.6 is 0 Å². The van der Waals surface area contributed by atoms with E-state index >= 15 is 0 Å². The van der Waals surface area contributed by atoms with Gasteiger partial charge in [-0.25, -0.2) is 17.2 Å². The lowest BCUT2D eigenvalue weighted by Gasteiger charge is -2.09. The molecule has 0 fully saturated rings. The van der Waals surface area contributed by atoms with Gasteiger partial charge in [0.05, 0.1) is 10.7 Å². The fourth-order valence-electron chi connectivity index (χ4n) is 1.41. The van der Waals surface area contributed by atoms with Gasteiger partial charge in [-0.1, -0.05) is 0 Å². The highest BCUT2D eigenvalue weighted by Gasteiger charge is 2.25. The molecule has 21 heavy (non-hydrogen) atoms. The molecule has 0 aliphatic rings. The van der Waals surface area contributed by atoms with Crippen LogP contribution in [0.2, 0.25) is 0 Å². The Labute approximate surface area is 117 Å². The largest absolute Gasteiger partial charge is 0.481 e. The number of hydrogen-bond donors (Lipinski definition) is 2. The van der Waals surface area contributed by atoms with Gasteiger partial charge in [-0.15, -0.1) is 0 Å². The molecule has 0 aromatic heterocycles. The van der Waals surface area contributed by atoms with E-state index in [9.17, 15) is 32.1 Å². The molecule has 0 spiro atoms. The molecule has 0 unspecified atom stereocenters. The molecule has 1 rings (SSSR count). The molecule has 1 aromatic carbocycles. The second-order valence-electron chi connectivity index (χ2n) is 3.93. The minimum absolute atomic E-state index is 0.282. The first-order valence-corrected chi connectivity index (χ1v) is 7.14. The van der Waals surface area contributed by atoms with Crippen LogP contribution in [0.25, 0.3) is 0 Å². The second-order valence-corrected chi connectivity index (χ2v) is 5.77. The Morgan fingerprint density at radius 2 is 2.00 bits per heavy atom. The van der Waals surface area contributed by atoms with Crippen molar-refractivity contribution in [2.45, 2.75) is 12.8 Å². The minimum atomic E-state index is -4.25. The zero-order valence-electron chi connectivity index (χ0n) is 10.4. The van der Waals surface area contributed by atoms with Crippen LogP contribution in [0.1, 0.15) is 12.8 Å². The number of aliphatic carboxylic acids is 1. The average molecular weight is 324 g/mol. The number of nitrogens with one attached hydrogen (secondary N) is 1. The highest BCUT2D eigenvalue weighted by molar-refractivity contribution is 7.92. The molecule has 8 nitrogen and oxygen atoms in total. The Balaban J connectivity index is 3.03. The monoisotopic (exact) mass is 324 g/mol. The van der Waals surface area contributed by atoms with Gasteiger partial charge in [-0.3, -0.25) is 19.6 Å². The lowest BCUT2D eigenvalue weighted by molar-refractivity contribution is -0.384. The summed E-state index contributed by atoms with van der Waals surface area (Å²) in [4.78, 5) is 19.9. The third kappa shape index (κ3) is 4.63. The van der Waals surface area contributed by atoms with Gasteiger partial charge in [-0.2, -0.15) is 0 Å². The van der Waals surface area contributed by atoms with Crippen molar-refractivity contribution in [3.05, 3.63) is 33.9 Å². The van der Waals surface area contributed by atoms with Crippen molar-refractivity contribution >= 4 is 27.4 Å². The van der Waals surface area contributed by atoms with E-state index in [2.05, 4.69) is 0 Å². The van der Waals surface area contributed by atoms with Crippen molar-refractivity contribution < 1.29 is 32.0 Å². The molecule has 0 radical (unpaired) electrons. The standard InChI is InChI=1S/C10H10F2N2O6S/c11-6-3-4-7(14(17)18)10(9(6)12)13-21(19,20)5-1-2-8(15)16/h3-4,13H,1-2,5H2,(H,15,16). The fourth-order valence-corrected chi connectivity index (χ4v) is 2.54. The van der Waals surface area contributed by atoms with Gasteiger partial charge in [0.1, 0.15) is 0 Å². The van der Waals surface area contributed by atoms with Gasteiger partial charge in [0.15, 0.2) is 17.3 Å². The summed E-state index contributed by atoms with van der Waals surface area (Å²) in [6.07, 6.45) is -0.732. The van der Waals surface area contributed by atoms with Gasteiger partial charge in [0.2, 0.25) is 10.0 Å². The Kier molecular flexibility index (Phi) is 5.13. The molecule has 0 aliphatic heterocycles. The molecule has 2 N–H and O–H groups in total. The zero-order chi connectivity index (χ0) is 16.2. The minimum Gasteiger partial charge on any atom is -0.481 e. The smallest absolute Gasteiger partial charge is 0.303 e. The number of nitro benzene ring substituents is 1. The summed E-state index contributed by atoms with van der Waals surface area (Å²) in [5.41, 5.74) is -2.06. The van der Waals surface area contributed by atoms with E-state index in [-0.39, 0.29) is 6.42 Å². The van der Waals surface area contributed by atoms with Crippen molar-refractivity contribution in [3.63, 3.8) is 0 Å². The number of sulfonamides is 1. The number of halogens is 2. The third-order valence-corrected chi connectivity index (χ3v) is 3.67. The third-order valence-electron chi connectivity index (χ3n) is 2.33. The molecule has 1 aromatic rings. The Morgan fingerprint density at radius 3 is 2.52 bits per heavy atom. The number of rotatable bonds is 7. The first-order valence-electron chi connectivity index (χ1n) is 5.48. The summed E-state index contributed by atoms with van der Waals surface area (Å²) in [5.74, 6) is -5.09. The normalized spacial score (nSPS) is 11.1. The summed E-state index contributed by atoms with van der Waals surface area (Å²) in [6, 6.07) is 1.11. The van der Waals surface area contributed by atoms with E-state index in [0.717, 1.165) is 0 Å². The number of carbonyl (C=O) groups is 1. The van der Waals surface area contributed by atoms with Crippen LogP contribution in [0.15, 0.2) is 12.1 Å². The first-order chi connectivity index (χ1) is 9.64. The molecule has 0 saturated heterocycles. The average Bonchev–Trinajstić information content (AvgIpc) is 2.33. The molecule has 116 valence electrons. The van der Waals surface area contributed by atoms with Gasteiger partial charge in [0.25, 0.3) is 5.69 Å². The van der Waals surface area contributed by atoms with Crippen molar-refractivity contribution in [3.8, 4) is 0 Å². The summed E-state index contributed by atoms with van der Waals surface area (Å²) >= 11 is 0. The Bertz CT molecular complexity index is 676. The number of anilines is 1. The van der Waals surface area contributed by atoms with E-state index in [1.54, 1.807) is 4.72 Å². The second kappa shape index (κ2) is 6.43. The fraction of sp³-hybridized carbons (Fsp3) is 0.300. The maximum Gasteiger partial charge on any atom is 0.303 e. The van der Waals surface area contributed by atoms with E-state index in [0.29, 0.717) is 12.1 Å². The summed E-state index contributed by atoms with van der Waals surface area (Å²) in [5, 5.41) is 19.1. The highest BCUT2D eigenvalue weighted by atomic mass is 32.2.